The third kappa shape index (κ3) is 9.77. The summed E-state index contributed by atoms with van der Waals surface area (Å²) in [6, 6.07) is 9.18. The Balaban J connectivity index is 2.04. The zero-order valence-electron chi connectivity index (χ0n) is 14.8. The van der Waals surface area contributed by atoms with E-state index in [2.05, 4.69) is 12.9 Å². The third-order valence-electron chi connectivity index (χ3n) is 2.97. The number of rotatable bonds is 9. The molecule has 0 saturated heterocycles. The molecule has 2 rings (SSSR count). The second-order valence-electron chi connectivity index (χ2n) is 5.39. The number of nitrogens with zero attached hydrogens (tertiary/aromatic N) is 1. The summed E-state index contributed by atoms with van der Waals surface area (Å²) in [7, 11) is -9.93. The monoisotopic (exact) mass is 499 g/mol. The van der Waals surface area contributed by atoms with Crippen LogP contribution in [0.25, 0.3) is 0 Å². The van der Waals surface area contributed by atoms with Crippen LogP contribution in [0.4, 0.5) is 0 Å². The maximum atomic E-state index is 10.9. The molecule has 0 heterocycles. The first-order valence-electron chi connectivity index (χ1n) is 7.47. The molecule has 0 amide bonds. The van der Waals surface area contributed by atoms with E-state index in [1.54, 1.807) is 12.1 Å². The van der Waals surface area contributed by atoms with Gasteiger partial charge in [-0.25, -0.2) is 0 Å². The van der Waals surface area contributed by atoms with Gasteiger partial charge in [0.15, 0.2) is 0 Å². The number of hydrogen-bond donors (Lipinski definition) is 2. The van der Waals surface area contributed by atoms with Crippen LogP contribution in [0.5, 0.6) is 23.0 Å². The van der Waals surface area contributed by atoms with E-state index in [1.807, 2.05) is 0 Å². The molecule has 0 aliphatic rings. The Labute approximate surface area is 205 Å². The Hall–Kier alpha value is -0.0100. The SMILES string of the molecule is O=S(=O)(O)Oc1c[c]([Na])ccc1OP=NPOc1cc[c]([Na])cc1OS(=O)(=O)O. The van der Waals surface area contributed by atoms with Gasteiger partial charge in [-0.1, -0.05) is 0 Å². The predicted octanol–water partition coefficient (Wildman–Crippen LogP) is 0.648. The maximum absolute atomic E-state index is 10.9. The van der Waals surface area contributed by atoms with E-state index in [0.29, 0.717) is 55.9 Å². The van der Waals surface area contributed by atoms with Crippen molar-refractivity contribution in [2.24, 2.45) is 4.52 Å². The fourth-order valence-corrected chi connectivity index (χ4v) is 4.44. The summed E-state index contributed by atoms with van der Waals surface area (Å²) in [5.74, 6) is -0.270. The van der Waals surface area contributed by atoms with Gasteiger partial charge in [0.1, 0.15) is 0 Å². The molecule has 0 aliphatic heterocycles. The fraction of sp³-hybridized carbons (Fsp3) is 0. The Kier molecular flexibility index (Phi) is 9.61. The van der Waals surface area contributed by atoms with Crippen molar-refractivity contribution in [3.8, 4) is 23.0 Å². The van der Waals surface area contributed by atoms with E-state index in [-0.39, 0.29) is 31.6 Å². The van der Waals surface area contributed by atoms with E-state index >= 15 is 0 Å². The first-order valence-corrected chi connectivity index (χ1v) is 13.8. The zero-order chi connectivity index (χ0) is 21.7. The Morgan fingerprint density at radius 1 is 0.828 bits per heavy atom. The quantitative estimate of drug-likeness (QED) is 0.285. The van der Waals surface area contributed by atoms with E-state index in [9.17, 15) is 16.8 Å². The van der Waals surface area contributed by atoms with Crippen LogP contribution in [-0.4, -0.2) is 81.8 Å². The molecule has 0 aliphatic carbocycles. The van der Waals surface area contributed by atoms with Gasteiger partial charge < -0.3 is 0 Å². The molecule has 146 valence electrons. The van der Waals surface area contributed by atoms with E-state index < -0.39 is 29.8 Å². The van der Waals surface area contributed by atoms with Gasteiger partial charge in [-0.05, 0) is 0 Å². The molecule has 0 saturated carbocycles. The molecule has 0 radical (unpaired) electrons. The summed E-state index contributed by atoms with van der Waals surface area (Å²) in [5.41, 5.74) is 0. The predicted molar refractivity (Wildman–Crippen MR) is 107 cm³/mol. The summed E-state index contributed by atoms with van der Waals surface area (Å²) in [6.45, 7) is 0. The molecule has 0 spiro atoms. The van der Waals surface area contributed by atoms with Crippen molar-refractivity contribution in [2.75, 3.05) is 0 Å². The van der Waals surface area contributed by atoms with Crippen molar-refractivity contribution in [1.82, 2.24) is 0 Å². The zero-order valence-corrected chi connectivity index (χ0v) is 22.4. The fourth-order valence-electron chi connectivity index (χ4n) is 1.90. The average Bonchev–Trinajstić information content (AvgIpc) is 2.55. The van der Waals surface area contributed by atoms with E-state index in [4.69, 9.17) is 18.2 Å². The van der Waals surface area contributed by atoms with Gasteiger partial charge in [0.2, 0.25) is 0 Å². The van der Waals surface area contributed by atoms with Crippen molar-refractivity contribution in [3.63, 3.8) is 0 Å². The normalized spacial score (nSPS) is 12.5. The summed E-state index contributed by atoms with van der Waals surface area (Å²) >= 11 is 1.25. The van der Waals surface area contributed by atoms with Gasteiger partial charge in [0.05, 0.1) is 0 Å². The molecule has 11 nitrogen and oxygen atoms in total. The second kappa shape index (κ2) is 11.0. The minimum absolute atomic E-state index is 0.0251. The molecular weight excluding hydrogens is 490 g/mol. The van der Waals surface area contributed by atoms with Gasteiger partial charge in [0, 0.05) is 0 Å². The van der Waals surface area contributed by atoms with Gasteiger partial charge in [-0.15, -0.1) is 0 Å². The second-order valence-corrected chi connectivity index (χ2v) is 11.3. The Morgan fingerprint density at radius 2 is 1.31 bits per heavy atom. The summed E-state index contributed by atoms with van der Waals surface area (Å²) in [5, 5.41) is 0. The van der Waals surface area contributed by atoms with Crippen LogP contribution in [0.2, 0.25) is 0 Å². The summed E-state index contributed by atoms with van der Waals surface area (Å²) in [6.07, 6.45) is 0. The molecule has 17 heteroatoms. The Morgan fingerprint density at radius 3 is 1.83 bits per heavy atom. The van der Waals surface area contributed by atoms with Crippen LogP contribution < -0.4 is 23.0 Å². The molecule has 2 aromatic carbocycles. The van der Waals surface area contributed by atoms with Crippen LogP contribution >= 0.6 is 17.6 Å². The summed E-state index contributed by atoms with van der Waals surface area (Å²) in [4.78, 5) is 0. The molecule has 2 aromatic rings. The van der Waals surface area contributed by atoms with Gasteiger partial charge in [0.25, 0.3) is 0 Å². The number of hydrogen-bond acceptors (Lipinski definition) is 9. The van der Waals surface area contributed by atoms with Gasteiger partial charge in [-0.3, -0.25) is 0 Å². The average molecular weight is 499 g/mol. The molecule has 1 unspecified atom stereocenters. The third-order valence-corrected chi connectivity index (χ3v) is 6.23. The van der Waals surface area contributed by atoms with Crippen molar-refractivity contribution in [2.45, 2.75) is 0 Å². The topological polar surface area (TPSA) is 158 Å². The van der Waals surface area contributed by atoms with Crippen LogP contribution in [-0.2, 0) is 20.8 Å². The van der Waals surface area contributed by atoms with Gasteiger partial charge in [-0.2, -0.15) is 0 Å². The molecule has 1 atom stereocenters. The van der Waals surface area contributed by atoms with Crippen molar-refractivity contribution in [1.29, 1.82) is 0 Å². The molecule has 0 bridgehead atoms. The van der Waals surface area contributed by atoms with Crippen LogP contribution in [0, 0.1) is 0 Å². The van der Waals surface area contributed by atoms with Crippen LogP contribution in [0.1, 0.15) is 0 Å². The van der Waals surface area contributed by atoms with E-state index in [1.165, 1.54) is 24.3 Å². The van der Waals surface area contributed by atoms with Crippen molar-refractivity contribution < 1.29 is 43.4 Å². The summed E-state index contributed by atoms with van der Waals surface area (Å²) < 4.78 is 86.5. The standard InChI is InChI=1S/C12H9NO10P2S2.2Na/c14-26(15,16)22-11-7-3-1-5-9(11)20-24-13-25-21-10-6-2-4-8-12(10)23-27(17,18)19;;/h1-2,5-8,24H,(H,14,15,16)(H,17,18,19);;. The molecular formula is C12H9NNa2O10P2S2. The molecule has 2 N–H and O–H groups in total. The molecule has 0 aromatic heterocycles. The van der Waals surface area contributed by atoms with Crippen LogP contribution in [0.3, 0.4) is 0 Å². The first-order chi connectivity index (χ1) is 13.4. The van der Waals surface area contributed by atoms with E-state index in [0.717, 1.165) is 5.63 Å². The van der Waals surface area contributed by atoms with Crippen LogP contribution in [0.15, 0.2) is 40.9 Å². The van der Waals surface area contributed by atoms with Crippen molar-refractivity contribution >= 4 is 99.8 Å². The molecule has 29 heavy (non-hydrogen) atoms. The van der Waals surface area contributed by atoms with Gasteiger partial charge >= 0.3 is 207 Å². The Bertz CT molecular complexity index is 1130. The minimum atomic E-state index is -4.71. The molecule has 0 fully saturated rings. The first kappa shape index (κ1) is 25.3. The van der Waals surface area contributed by atoms with Crippen molar-refractivity contribution in [3.05, 3.63) is 36.4 Å². The number of benzene rings is 2.